The molecule has 172 valence electrons. The van der Waals surface area contributed by atoms with Gasteiger partial charge in [-0.1, -0.05) is 0 Å². The van der Waals surface area contributed by atoms with Gasteiger partial charge >= 0.3 is 11.9 Å². The number of aromatic carboxylic acids is 1. The number of hydrogen-bond donors (Lipinski definition) is 4. The van der Waals surface area contributed by atoms with Gasteiger partial charge in [-0.15, -0.1) is 0 Å². The van der Waals surface area contributed by atoms with Crippen LogP contribution in [0.15, 0.2) is 41.3 Å². The summed E-state index contributed by atoms with van der Waals surface area (Å²) < 4.78 is 26.4. The van der Waals surface area contributed by atoms with Gasteiger partial charge in [0.05, 0.1) is 11.8 Å². The third-order valence-electron chi connectivity index (χ3n) is 4.52. The van der Waals surface area contributed by atoms with Crippen LogP contribution in [0, 0.1) is 11.2 Å². The number of rotatable bonds is 10. The van der Waals surface area contributed by atoms with Crippen molar-refractivity contribution in [3.8, 4) is 11.6 Å². The van der Waals surface area contributed by atoms with Crippen LogP contribution in [-0.2, 0) is 11.3 Å². The summed E-state index contributed by atoms with van der Waals surface area (Å²) in [6.45, 7) is -0.289. The number of benzene rings is 1. The van der Waals surface area contributed by atoms with E-state index in [1.807, 2.05) is 0 Å². The highest BCUT2D eigenvalue weighted by atomic mass is 19.1. The quantitative estimate of drug-likeness (QED) is 0.199. The van der Waals surface area contributed by atoms with Crippen LogP contribution in [0.1, 0.15) is 22.3 Å². The average Bonchev–Trinajstić information content (AvgIpc) is 2.76. The van der Waals surface area contributed by atoms with E-state index in [0.717, 1.165) is 16.8 Å². The zero-order chi connectivity index (χ0) is 24.1. The molecule has 12 heteroatoms. The van der Waals surface area contributed by atoms with Gasteiger partial charge in [-0.3, -0.25) is 15.0 Å². The van der Waals surface area contributed by atoms with E-state index < -0.39 is 34.6 Å². The summed E-state index contributed by atoms with van der Waals surface area (Å²) in [4.78, 5) is 38.7. The number of aryl methyl sites for hydroxylation is 1. The fourth-order valence-corrected chi connectivity index (χ4v) is 2.94. The molecule has 0 amide bonds. The Hall–Kier alpha value is -4.48. The smallest absolute Gasteiger partial charge is 0.341 e. The molecule has 0 spiro atoms. The fraction of sp³-hybridized carbons (Fsp3) is 0.190. The Morgan fingerprint density at radius 1 is 1.15 bits per heavy atom. The van der Waals surface area contributed by atoms with Gasteiger partial charge in [-0.2, -0.15) is 4.98 Å². The first-order chi connectivity index (χ1) is 15.7. The predicted molar refractivity (Wildman–Crippen MR) is 114 cm³/mol. The zero-order valence-electron chi connectivity index (χ0n) is 17.1. The van der Waals surface area contributed by atoms with Crippen molar-refractivity contribution in [2.45, 2.75) is 13.0 Å². The molecule has 0 aliphatic carbocycles. The molecule has 2 aromatic heterocycles. The molecule has 0 fully saturated rings. The highest BCUT2D eigenvalue weighted by Crippen LogP contribution is 2.20. The van der Waals surface area contributed by atoms with Crippen molar-refractivity contribution in [3.63, 3.8) is 0 Å². The molecule has 1 aromatic carbocycles. The van der Waals surface area contributed by atoms with Crippen LogP contribution in [0.3, 0.4) is 0 Å². The molecule has 0 bridgehead atoms. The van der Waals surface area contributed by atoms with E-state index in [4.69, 9.17) is 25.7 Å². The topological polar surface area (TPSA) is 178 Å². The maximum atomic E-state index is 14.5. The number of carbonyl (C=O) groups is 2. The minimum Gasteiger partial charge on any atom is -0.490 e. The lowest BCUT2D eigenvalue weighted by molar-refractivity contribution is -0.137. The molecule has 11 nitrogen and oxygen atoms in total. The summed E-state index contributed by atoms with van der Waals surface area (Å²) in [5.74, 6) is -3.73. The van der Waals surface area contributed by atoms with Crippen molar-refractivity contribution in [3.05, 3.63) is 63.7 Å². The number of nitrogens with two attached hydrogens (primary N) is 1. The molecule has 2 heterocycles. The van der Waals surface area contributed by atoms with Gasteiger partial charge in [-0.05, 0) is 30.3 Å². The molecule has 0 aliphatic rings. The Balaban J connectivity index is 1.80. The Morgan fingerprint density at radius 2 is 1.82 bits per heavy atom. The Bertz CT molecular complexity index is 1290. The number of fused-ring (bicyclic) bond motifs is 1. The number of ether oxygens (including phenoxy) is 2. The molecule has 5 N–H and O–H groups in total. The van der Waals surface area contributed by atoms with Gasteiger partial charge in [-0.25, -0.2) is 9.18 Å². The molecule has 0 saturated carbocycles. The second kappa shape index (κ2) is 9.77. The molecule has 3 rings (SSSR count). The predicted octanol–water partition coefficient (Wildman–Crippen LogP) is 1.45. The van der Waals surface area contributed by atoms with Crippen molar-refractivity contribution in [1.29, 1.82) is 5.41 Å². The third-order valence-corrected chi connectivity index (χ3v) is 4.52. The maximum absolute atomic E-state index is 14.5. The molecule has 0 radical (unpaired) electrons. The zero-order valence-corrected chi connectivity index (χ0v) is 17.1. The summed E-state index contributed by atoms with van der Waals surface area (Å²) >= 11 is 0. The normalized spacial score (nSPS) is 10.7. The van der Waals surface area contributed by atoms with E-state index in [-0.39, 0.29) is 43.0 Å². The summed E-state index contributed by atoms with van der Waals surface area (Å²) in [7, 11) is 0. The van der Waals surface area contributed by atoms with Crippen molar-refractivity contribution >= 4 is 28.8 Å². The number of carboxylic acid groups (broad SMARTS) is 2. The molecule has 3 aromatic rings. The molecule has 33 heavy (non-hydrogen) atoms. The molecular formula is C21H19FN4O7. The van der Waals surface area contributed by atoms with Crippen LogP contribution in [-0.4, -0.2) is 50.8 Å². The summed E-state index contributed by atoms with van der Waals surface area (Å²) in [6, 6.07) is 7.22. The highest BCUT2D eigenvalue weighted by molar-refractivity contribution is 5.95. The number of nitrogens with zero attached hydrogens (tertiary/aromatic N) is 2. The second-order valence-electron chi connectivity index (χ2n) is 6.80. The molecule has 0 saturated heterocycles. The van der Waals surface area contributed by atoms with Crippen LogP contribution in [0.2, 0.25) is 0 Å². The monoisotopic (exact) mass is 458 g/mol. The number of hydrogen-bond acceptors (Lipinski definition) is 7. The highest BCUT2D eigenvalue weighted by Gasteiger charge is 2.19. The summed E-state index contributed by atoms with van der Waals surface area (Å²) in [5, 5.41) is 25.2. The van der Waals surface area contributed by atoms with Gasteiger partial charge in [0.2, 0.25) is 5.43 Å². The average molecular weight is 458 g/mol. The van der Waals surface area contributed by atoms with Gasteiger partial charge in [0.25, 0.3) is 5.88 Å². The molecule has 0 aliphatic heterocycles. The summed E-state index contributed by atoms with van der Waals surface area (Å²) in [5.41, 5.74) is 4.22. The maximum Gasteiger partial charge on any atom is 0.341 e. The lowest BCUT2D eigenvalue weighted by Crippen LogP contribution is -2.21. The van der Waals surface area contributed by atoms with Gasteiger partial charge in [0.1, 0.15) is 36.0 Å². The second-order valence-corrected chi connectivity index (χ2v) is 6.80. The Morgan fingerprint density at radius 3 is 2.42 bits per heavy atom. The van der Waals surface area contributed by atoms with Crippen LogP contribution in [0.5, 0.6) is 11.6 Å². The first-order valence-electron chi connectivity index (χ1n) is 9.56. The van der Waals surface area contributed by atoms with E-state index in [1.165, 1.54) is 0 Å². The number of pyridine rings is 2. The van der Waals surface area contributed by atoms with E-state index in [9.17, 15) is 23.9 Å². The number of aromatic nitrogens is 2. The Labute approximate surface area is 185 Å². The summed E-state index contributed by atoms with van der Waals surface area (Å²) in [6.07, 6.45) is 0.598. The number of aliphatic carboxylic acids is 1. The van der Waals surface area contributed by atoms with Gasteiger partial charge < -0.3 is 30.0 Å². The van der Waals surface area contributed by atoms with Crippen LogP contribution in [0.25, 0.3) is 11.0 Å². The van der Waals surface area contributed by atoms with E-state index in [1.54, 1.807) is 24.3 Å². The van der Waals surface area contributed by atoms with Gasteiger partial charge in [0.15, 0.2) is 5.82 Å². The van der Waals surface area contributed by atoms with Crippen LogP contribution in [0.4, 0.5) is 4.39 Å². The first kappa shape index (κ1) is 23.2. The fourth-order valence-electron chi connectivity index (χ4n) is 2.94. The third kappa shape index (κ3) is 5.42. The number of amidine groups is 1. The van der Waals surface area contributed by atoms with E-state index in [0.29, 0.717) is 11.3 Å². The van der Waals surface area contributed by atoms with Crippen molar-refractivity contribution < 1.29 is 33.7 Å². The van der Waals surface area contributed by atoms with Crippen molar-refractivity contribution in [1.82, 2.24) is 9.55 Å². The lowest BCUT2D eigenvalue weighted by Gasteiger charge is -2.13. The molecule has 0 atom stereocenters. The van der Waals surface area contributed by atoms with Crippen LogP contribution < -0.4 is 20.6 Å². The van der Waals surface area contributed by atoms with Crippen LogP contribution >= 0.6 is 0 Å². The lowest BCUT2D eigenvalue weighted by atomic mass is 10.2. The number of nitrogen functional groups attached to an aromatic ring is 1. The Kier molecular flexibility index (Phi) is 6.86. The SMILES string of the molecule is N=C(N)c1ccc(OCCOc2nc3c(cc2F)c(=O)c(C(=O)O)cn3CCC(=O)O)cc1. The van der Waals surface area contributed by atoms with Crippen molar-refractivity contribution in [2.24, 2.45) is 5.73 Å². The first-order valence-corrected chi connectivity index (χ1v) is 9.56. The van der Waals surface area contributed by atoms with Crippen molar-refractivity contribution in [2.75, 3.05) is 13.2 Å². The van der Waals surface area contributed by atoms with E-state index >= 15 is 0 Å². The van der Waals surface area contributed by atoms with Gasteiger partial charge in [0, 0.05) is 18.3 Å². The van der Waals surface area contributed by atoms with E-state index in [2.05, 4.69) is 4.98 Å². The standard InChI is InChI=1S/C21H19FN4O7/c22-15-9-13-17(29)14(21(30)31)10-26(6-5-16(27)28)19(13)25-20(15)33-8-7-32-12-3-1-11(2-4-12)18(23)24/h1-4,9-10H,5-8H2,(H3,23,24)(H,27,28)(H,30,31). The largest absolute Gasteiger partial charge is 0.490 e. The minimum absolute atomic E-state index is 0.0162. The molecule has 0 unspecified atom stereocenters. The molecular weight excluding hydrogens is 439 g/mol. The number of carboxylic acids is 2. The minimum atomic E-state index is -1.53. The number of halogens is 1. The number of nitrogens with one attached hydrogen (secondary N) is 1.